The Morgan fingerprint density at radius 3 is 2.40 bits per heavy atom. The molecule has 0 radical (unpaired) electrons. The SMILES string of the molecule is C=CCCC(C#N)(C#N)Cc1ccc(OCCC)cc1. The highest BCUT2D eigenvalue weighted by Crippen LogP contribution is 2.28. The molecule has 3 nitrogen and oxygen atoms in total. The molecule has 0 bridgehead atoms. The highest BCUT2D eigenvalue weighted by molar-refractivity contribution is 5.30. The van der Waals surface area contributed by atoms with E-state index in [9.17, 15) is 10.5 Å². The number of nitriles is 2. The van der Waals surface area contributed by atoms with E-state index in [1.165, 1.54) is 0 Å². The van der Waals surface area contributed by atoms with Crippen LogP contribution in [0.1, 0.15) is 31.7 Å². The van der Waals surface area contributed by atoms with Gasteiger partial charge in [0.05, 0.1) is 18.7 Å². The van der Waals surface area contributed by atoms with Gasteiger partial charge in [-0.3, -0.25) is 0 Å². The van der Waals surface area contributed by atoms with Gasteiger partial charge in [-0.15, -0.1) is 6.58 Å². The summed E-state index contributed by atoms with van der Waals surface area (Å²) in [7, 11) is 0. The van der Waals surface area contributed by atoms with Crippen LogP contribution in [0.15, 0.2) is 36.9 Å². The van der Waals surface area contributed by atoms with Crippen LogP contribution < -0.4 is 4.74 Å². The average Bonchev–Trinajstić information content (AvgIpc) is 2.51. The number of hydrogen-bond donors (Lipinski definition) is 0. The topological polar surface area (TPSA) is 56.8 Å². The maximum Gasteiger partial charge on any atom is 0.148 e. The summed E-state index contributed by atoms with van der Waals surface area (Å²) in [6.07, 6.45) is 4.32. The molecule has 0 atom stereocenters. The van der Waals surface area contributed by atoms with Gasteiger partial charge in [-0.05, 0) is 37.0 Å². The Kier molecular flexibility index (Phi) is 6.33. The first-order chi connectivity index (χ1) is 9.69. The molecule has 0 aliphatic carbocycles. The molecule has 0 aromatic heterocycles. The third-order valence-corrected chi connectivity index (χ3v) is 3.11. The zero-order chi connectivity index (χ0) is 14.8. The van der Waals surface area contributed by atoms with Crippen molar-refractivity contribution >= 4 is 0 Å². The van der Waals surface area contributed by atoms with Gasteiger partial charge >= 0.3 is 0 Å². The van der Waals surface area contributed by atoms with E-state index in [2.05, 4.69) is 25.6 Å². The Morgan fingerprint density at radius 1 is 1.25 bits per heavy atom. The van der Waals surface area contributed by atoms with Crippen molar-refractivity contribution in [1.82, 2.24) is 0 Å². The van der Waals surface area contributed by atoms with E-state index in [4.69, 9.17) is 4.74 Å². The lowest BCUT2D eigenvalue weighted by molar-refractivity contribution is 0.317. The van der Waals surface area contributed by atoms with Crippen molar-refractivity contribution in [2.75, 3.05) is 6.61 Å². The number of allylic oxidation sites excluding steroid dienone is 1. The molecular weight excluding hydrogens is 248 g/mol. The van der Waals surface area contributed by atoms with Gasteiger partial charge in [-0.25, -0.2) is 0 Å². The Hall–Kier alpha value is -2.26. The molecule has 0 aliphatic rings. The van der Waals surface area contributed by atoms with Crippen LogP contribution in [0.3, 0.4) is 0 Å². The van der Waals surface area contributed by atoms with Crippen molar-refractivity contribution in [3.05, 3.63) is 42.5 Å². The number of hydrogen-bond acceptors (Lipinski definition) is 3. The van der Waals surface area contributed by atoms with E-state index in [1.807, 2.05) is 24.3 Å². The fourth-order valence-corrected chi connectivity index (χ4v) is 1.92. The second kappa shape index (κ2) is 8.02. The number of rotatable bonds is 8. The molecule has 1 aromatic carbocycles. The van der Waals surface area contributed by atoms with Crippen LogP contribution in [-0.4, -0.2) is 6.61 Å². The largest absolute Gasteiger partial charge is 0.494 e. The van der Waals surface area contributed by atoms with E-state index < -0.39 is 5.41 Å². The highest BCUT2D eigenvalue weighted by atomic mass is 16.5. The fraction of sp³-hybridized carbons (Fsp3) is 0.412. The number of nitrogens with zero attached hydrogens (tertiary/aromatic N) is 2. The molecule has 20 heavy (non-hydrogen) atoms. The molecule has 0 heterocycles. The number of ether oxygens (including phenoxy) is 1. The van der Waals surface area contributed by atoms with Crippen molar-refractivity contribution in [3.8, 4) is 17.9 Å². The van der Waals surface area contributed by atoms with Gasteiger partial charge < -0.3 is 4.74 Å². The average molecular weight is 268 g/mol. The summed E-state index contributed by atoms with van der Waals surface area (Å²) in [6.45, 7) is 6.40. The minimum Gasteiger partial charge on any atom is -0.494 e. The minimum atomic E-state index is -0.972. The van der Waals surface area contributed by atoms with E-state index >= 15 is 0 Å². The Bertz CT molecular complexity index is 491. The van der Waals surface area contributed by atoms with Crippen LogP contribution in [0.4, 0.5) is 0 Å². The van der Waals surface area contributed by atoms with Gasteiger partial charge in [0.2, 0.25) is 0 Å². The lowest BCUT2D eigenvalue weighted by Crippen LogP contribution is -2.19. The molecule has 3 heteroatoms. The van der Waals surface area contributed by atoms with Crippen LogP contribution in [-0.2, 0) is 6.42 Å². The van der Waals surface area contributed by atoms with E-state index in [1.54, 1.807) is 6.08 Å². The van der Waals surface area contributed by atoms with Crippen molar-refractivity contribution in [2.45, 2.75) is 32.6 Å². The van der Waals surface area contributed by atoms with Gasteiger partial charge in [0.1, 0.15) is 11.2 Å². The highest BCUT2D eigenvalue weighted by Gasteiger charge is 2.29. The Balaban J connectivity index is 2.77. The lowest BCUT2D eigenvalue weighted by Gasteiger charge is -2.17. The maximum atomic E-state index is 9.30. The normalized spacial score (nSPS) is 10.3. The molecule has 1 aromatic rings. The zero-order valence-electron chi connectivity index (χ0n) is 11.9. The summed E-state index contributed by atoms with van der Waals surface area (Å²) in [6, 6.07) is 11.9. The van der Waals surface area contributed by atoms with Crippen LogP contribution in [0.2, 0.25) is 0 Å². The second-order valence-corrected chi connectivity index (χ2v) is 4.80. The van der Waals surface area contributed by atoms with Crippen LogP contribution in [0.5, 0.6) is 5.75 Å². The van der Waals surface area contributed by atoms with Gasteiger partial charge in [-0.2, -0.15) is 10.5 Å². The van der Waals surface area contributed by atoms with Crippen LogP contribution >= 0.6 is 0 Å². The summed E-state index contributed by atoms with van der Waals surface area (Å²) in [4.78, 5) is 0. The first kappa shape index (κ1) is 15.8. The molecule has 0 spiro atoms. The van der Waals surface area contributed by atoms with Crippen molar-refractivity contribution in [1.29, 1.82) is 10.5 Å². The molecule has 0 N–H and O–H groups in total. The molecular formula is C17H20N2O. The zero-order valence-corrected chi connectivity index (χ0v) is 11.9. The summed E-state index contributed by atoms with van der Waals surface area (Å²) in [5, 5.41) is 18.6. The third kappa shape index (κ3) is 4.44. The van der Waals surface area contributed by atoms with E-state index in [-0.39, 0.29) is 0 Å². The predicted octanol–water partition coefficient (Wildman–Crippen LogP) is 4.02. The fourth-order valence-electron chi connectivity index (χ4n) is 1.92. The van der Waals surface area contributed by atoms with Crippen molar-refractivity contribution in [2.24, 2.45) is 5.41 Å². The third-order valence-electron chi connectivity index (χ3n) is 3.11. The Labute approximate surface area is 121 Å². The first-order valence-corrected chi connectivity index (χ1v) is 6.85. The predicted molar refractivity (Wildman–Crippen MR) is 79.0 cm³/mol. The van der Waals surface area contributed by atoms with E-state index in [0.717, 1.165) is 17.7 Å². The van der Waals surface area contributed by atoms with Gasteiger partial charge in [0, 0.05) is 6.42 Å². The molecule has 0 amide bonds. The first-order valence-electron chi connectivity index (χ1n) is 6.85. The molecule has 0 aliphatic heterocycles. The summed E-state index contributed by atoms with van der Waals surface area (Å²) >= 11 is 0. The molecule has 0 unspecified atom stereocenters. The van der Waals surface area contributed by atoms with E-state index in [0.29, 0.717) is 25.9 Å². The summed E-state index contributed by atoms with van der Waals surface area (Å²) < 4.78 is 5.51. The lowest BCUT2D eigenvalue weighted by atomic mass is 9.80. The minimum absolute atomic E-state index is 0.432. The van der Waals surface area contributed by atoms with Crippen molar-refractivity contribution < 1.29 is 4.74 Å². The maximum absolute atomic E-state index is 9.30. The van der Waals surface area contributed by atoms with Gasteiger partial charge in [0.25, 0.3) is 0 Å². The smallest absolute Gasteiger partial charge is 0.148 e. The van der Waals surface area contributed by atoms with Crippen LogP contribution in [0.25, 0.3) is 0 Å². The monoisotopic (exact) mass is 268 g/mol. The number of benzene rings is 1. The van der Waals surface area contributed by atoms with Crippen LogP contribution in [0, 0.1) is 28.1 Å². The van der Waals surface area contributed by atoms with Gasteiger partial charge in [-0.1, -0.05) is 25.1 Å². The quantitative estimate of drug-likeness (QED) is 0.669. The summed E-state index contributed by atoms with van der Waals surface area (Å²) in [5.74, 6) is 0.821. The second-order valence-electron chi connectivity index (χ2n) is 4.80. The standard InChI is InChI=1S/C17H20N2O/c1-3-5-10-17(13-18,14-19)12-15-6-8-16(9-7-15)20-11-4-2/h3,6-9H,1,4-5,10-12H2,2H3. The van der Waals surface area contributed by atoms with Gasteiger partial charge in [0.15, 0.2) is 0 Å². The molecule has 1 rings (SSSR count). The molecule has 0 saturated heterocycles. The van der Waals surface area contributed by atoms with Crippen molar-refractivity contribution in [3.63, 3.8) is 0 Å². The molecule has 0 fully saturated rings. The molecule has 104 valence electrons. The Morgan fingerprint density at radius 2 is 1.90 bits per heavy atom. The molecule has 0 saturated carbocycles. The summed E-state index contributed by atoms with van der Waals surface area (Å²) in [5.41, 5.74) is 0.000918.